The largest absolute Gasteiger partial charge is 0.394 e. The Morgan fingerprint density at radius 3 is 2.33 bits per heavy atom. The van der Waals surface area contributed by atoms with Gasteiger partial charge in [-0.1, -0.05) is 0 Å². The van der Waals surface area contributed by atoms with Crippen molar-refractivity contribution in [2.45, 2.75) is 18.2 Å². The van der Waals surface area contributed by atoms with E-state index < -0.39 is 18.2 Å². The van der Waals surface area contributed by atoms with Gasteiger partial charge in [0, 0.05) is 6.21 Å². The Morgan fingerprint density at radius 2 is 2.11 bits per heavy atom. The number of aliphatic hydroxyl groups is 3. The van der Waals surface area contributed by atoms with E-state index in [9.17, 15) is 0 Å². The minimum absolute atomic E-state index is 0.214. The molecule has 0 saturated heterocycles. The summed E-state index contributed by atoms with van der Waals surface area (Å²) in [4.78, 5) is 3.64. The summed E-state index contributed by atoms with van der Waals surface area (Å²) in [5, 5.41) is 26.2. The van der Waals surface area contributed by atoms with E-state index in [-0.39, 0.29) is 6.61 Å². The average Bonchev–Trinajstić information content (AvgIpc) is 2.15. The maximum Gasteiger partial charge on any atom is 0.117 e. The fourth-order valence-corrected chi connectivity index (χ4v) is 0.758. The molecule has 4 heteroatoms. The number of aliphatic hydroxyl groups excluding tert-OH is 3. The van der Waals surface area contributed by atoms with Gasteiger partial charge in [-0.2, -0.15) is 0 Å². The van der Waals surface area contributed by atoms with Crippen LogP contribution in [-0.4, -0.2) is 46.4 Å². The van der Waals surface area contributed by atoms with Gasteiger partial charge in [-0.3, -0.25) is 4.99 Å². The summed E-state index contributed by atoms with van der Waals surface area (Å²) in [6.45, 7) is -0.214. The van der Waals surface area contributed by atoms with Crippen LogP contribution < -0.4 is 0 Å². The zero-order chi connectivity index (χ0) is 6.85. The van der Waals surface area contributed by atoms with E-state index in [4.69, 9.17) is 15.3 Å². The molecule has 0 aromatic carbocycles. The van der Waals surface area contributed by atoms with Gasteiger partial charge in [0.1, 0.15) is 18.2 Å². The van der Waals surface area contributed by atoms with Crippen LogP contribution in [0.25, 0.3) is 0 Å². The normalized spacial score (nSPS) is 41.9. The molecule has 0 aromatic rings. The van der Waals surface area contributed by atoms with E-state index >= 15 is 0 Å². The predicted molar refractivity (Wildman–Crippen MR) is 31.4 cm³/mol. The highest BCUT2D eigenvalue weighted by atomic mass is 16.3. The van der Waals surface area contributed by atoms with Crippen molar-refractivity contribution in [1.82, 2.24) is 0 Å². The molecule has 0 saturated carbocycles. The standard InChI is InChI=1S/C5H9NO3/c7-2-3-5(9)4(8)1-6-3/h1,3-5,7-9H,2H2/t3-,4-,5-/m1/s1. The third-order valence-electron chi connectivity index (χ3n) is 1.36. The predicted octanol–water partition coefficient (Wildman–Crippen LogP) is -1.85. The summed E-state index contributed by atoms with van der Waals surface area (Å²) in [5.41, 5.74) is 0. The van der Waals surface area contributed by atoms with Gasteiger partial charge in [-0.25, -0.2) is 0 Å². The molecule has 9 heavy (non-hydrogen) atoms. The minimum atomic E-state index is -0.921. The van der Waals surface area contributed by atoms with Crippen molar-refractivity contribution < 1.29 is 15.3 Å². The monoisotopic (exact) mass is 131 g/mol. The summed E-state index contributed by atoms with van der Waals surface area (Å²) >= 11 is 0. The van der Waals surface area contributed by atoms with Crippen molar-refractivity contribution in [2.75, 3.05) is 6.61 Å². The van der Waals surface area contributed by atoms with Crippen LogP contribution >= 0.6 is 0 Å². The van der Waals surface area contributed by atoms with Crippen LogP contribution in [0.1, 0.15) is 0 Å². The van der Waals surface area contributed by atoms with Gasteiger partial charge < -0.3 is 15.3 Å². The quantitative estimate of drug-likeness (QED) is 0.391. The Kier molecular flexibility index (Phi) is 1.80. The van der Waals surface area contributed by atoms with Gasteiger partial charge in [0.15, 0.2) is 0 Å². The summed E-state index contributed by atoms with van der Waals surface area (Å²) in [7, 11) is 0. The first-order chi connectivity index (χ1) is 4.25. The first-order valence-corrected chi connectivity index (χ1v) is 2.76. The second-order valence-corrected chi connectivity index (χ2v) is 2.03. The van der Waals surface area contributed by atoms with Crippen molar-refractivity contribution in [3.63, 3.8) is 0 Å². The lowest BCUT2D eigenvalue weighted by atomic mass is 10.1. The fourth-order valence-electron chi connectivity index (χ4n) is 0.758. The first-order valence-electron chi connectivity index (χ1n) is 2.76. The summed E-state index contributed by atoms with van der Waals surface area (Å²) in [5.74, 6) is 0. The molecule has 0 radical (unpaired) electrons. The molecule has 1 heterocycles. The van der Waals surface area contributed by atoms with Crippen molar-refractivity contribution in [1.29, 1.82) is 0 Å². The van der Waals surface area contributed by atoms with Crippen molar-refractivity contribution in [2.24, 2.45) is 4.99 Å². The van der Waals surface area contributed by atoms with Gasteiger partial charge in [0.05, 0.1) is 6.61 Å². The third kappa shape index (κ3) is 1.10. The van der Waals surface area contributed by atoms with E-state index in [1.54, 1.807) is 0 Å². The topological polar surface area (TPSA) is 73.1 Å². The molecule has 4 nitrogen and oxygen atoms in total. The molecule has 3 atom stereocenters. The van der Waals surface area contributed by atoms with Gasteiger partial charge in [-0.15, -0.1) is 0 Å². The zero-order valence-electron chi connectivity index (χ0n) is 4.81. The van der Waals surface area contributed by atoms with Crippen LogP contribution in [0.5, 0.6) is 0 Å². The number of hydrogen-bond acceptors (Lipinski definition) is 4. The molecule has 0 spiro atoms. The summed E-state index contributed by atoms with van der Waals surface area (Å²) in [6.07, 6.45) is -0.580. The second kappa shape index (κ2) is 2.43. The second-order valence-electron chi connectivity index (χ2n) is 2.03. The molecule has 1 aliphatic rings. The number of aliphatic imine (C=N–C) groups is 1. The highest BCUT2D eigenvalue weighted by Crippen LogP contribution is 2.08. The zero-order valence-corrected chi connectivity index (χ0v) is 4.81. The lowest BCUT2D eigenvalue weighted by Crippen LogP contribution is -2.32. The Labute approximate surface area is 52.5 Å². The van der Waals surface area contributed by atoms with Crippen LogP contribution in [0, 0.1) is 0 Å². The number of nitrogens with zero attached hydrogens (tertiary/aromatic N) is 1. The minimum Gasteiger partial charge on any atom is -0.394 e. The molecule has 0 amide bonds. The van der Waals surface area contributed by atoms with Crippen LogP contribution in [0.15, 0.2) is 4.99 Å². The van der Waals surface area contributed by atoms with Gasteiger partial charge >= 0.3 is 0 Å². The highest BCUT2D eigenvalue weighted by Gasteiger charge is 2.28. The molecule has 3 N–H and O–H groups in total. The molecule has 0 bridgehead atoms. The molecule has 1 rings (SSSR count). The van der Waals surface area contributed by atoms with E-state index in [2.05, 4.69) is 4.99 Å². The third-order valence-corrected chi connectivity index (χ3v) is 1.36. The smallest absolute Gasteiger partial charge is 0.117 e. The lowest BCUT2D eigenvalue weighted by Gasteiger charge is -2.10. The van der Waals surface area contributed by atoms with Crippen molar-refractivity contribution in [3.8, 4) is 0 Å². The summed E-state index contributed by atoms with van der Waals surface area (Å²) in [6, 6.07) is -0.528. The van der Waals surface area contributed by atoms with Gasteiger partial charge in [0.2, 0.25) is 0 Å². The Bertz CT molecular complexity index is 125. The number of rotatable bonds is 1. The van der Waals surface area contributed by atoms with Crippen LogP contribution in [0.4, 0.5) is 0 Å². The molecular formula is C5H9NO3. The van der Waals surface area contributed by atoms with Gasteiger partial charge in [-0.05, 0) is 0 Å². The number of hydrogen-bond donors (Lipinski definition) is 3. The Hall–Kier alpha value is -0.450. The lowest BCUT2D eigenvalue weighted by molar-refractivity contribution is 0.0419. The molecular weight excluding hydrogens is 122 g/mol. The van der Waals surface area contributed by atoms with E-state index in [0.29, 0.717) is 0 Å². The van der Waals surface area contributed by atoms with E-state index in [0.717, 1.165) is 0 Å². The van der Waals surface area contributed by atoms with Crippen molar-refractivity contribution in [3.05, 3.63) is 0 Å². The average molecular weight is 131 g/mol. The SMILES string of the molecule is OC[C@H]1N=C[C@@H](O)[C@@H]1O. The van der Waals surface area contributed by atoms with E-state index in [1.807, 2.05) is 0 Å². The summed E-state index contributed by atoms with van der Waals surface area (Å²) < 4.78 is 0. The maximum absolute atomic E-state index is 8.92. The van der Waals surface area contributed by atoms with E-state index in [1.165, 1.54) is 6.21 Å². The first kappa shape index (κ1) is 6.67. The molecule has 0 unspecified atom stereocenters. The van der Waals surface area contributed by atoms with Crippen molar-refractivity contribution >= 4 is 6.21 Å². The Balaban J connectivity index is 2.51. The molecule has 0 fully saturated rings. The highest BCUT2D eigenvalue weighted by molar-refractivity contribution is 5.66. The molecule has 1 aliphatic heterocycles. The molecule has 0 aliphatic carbocycles. The van der Waals surface area contributed by atoms with Crippen LogP contribution in [0.3, 0.4) is 0 Å². The molecule has 52 valence electrons. The van der Waals surface area contributed by atoms with Crippen LogP contribution in [0.2, 0.25) is 0 Å². The van der Waals surface area contributed by atoms with Gasteiger partial charge in [0.25, 0.3) is 0 Å². The van der Waals surface area contributed by atoms with Crippen LogP contribution in [-0.2, 0) is 0 Å². The fraction of sp³-hybridized carbons (Fsp3) is 0.800. The Morgan fingerprint density at radius 1 is 1.44 bits per heavy atom. The maximum atomic E-state index is 8.92. The molecule has 0 aromatic heterocycles.